The Morgan fingerprint density at radius 3 is 2.60 bits per heavy atom. The van der Waals surface area contributed by atoms with Crippen LogP contribution in [0.1, 0.15) is 12.5 Å². The Bertz CT molecular complexity index is 596. The molecular weight excluding hydrogens is 254 g/mol. The highest BCUT2D eigenvalue weighted by Crippen LogP contribution is 2.24. The van der Waals surface area contributed by atoms with Crippen molar-refractivity contribution in [3.05, 3.63) is 54.1 Å². The average molecular weight is 271 g/mol. The van der Waals surface area contributed by atoms with Crippen molar-refractivity contribution in [3.63, 3.8) is 0 Å². The van der Waals surface area contributed by atoms with Gasteiger partial charge in [0.1, 0.15) is 11.5 Å². The van der Waals surface area contributed by atoms with Crippen LogP contribution in [0.2, 0.25) is 0 Å². The van der Waals surface area contributed by atoms with Gasteiger partial charge in [0.05, 0.1) is 5.69 Å². The summed E-state index contributed by atoms with van der Waals surface area (Å²) in [6.07, 6.45) is -0.655. The molecule has 104 valence electrons. The number of amides is 1. The average Bonchev–Trinajstić information content (AvgIpc) is 2.44. The molecule has 1 unspecified atom stereocenters. The molecule has 0 aliphatic carbocycles. The molecule has 0 saturated heterocycles. The first-order valence-corrected chi connectivity index (χ1v) is 6.38. The number of hydrogen-bond donors (Lipinski definition) is 2. The molecule has 0 aliphatic heterocycles. The zero-order valence-corrected chi connectivity index (χ0v) is 11.5. The summed E-state index contributed by atoms with van der Waals surface area (Å²) in [5, 5.41) is 12.4. The van der Waals surface area contributed by atoms with Crippen molar-refractivity contribution < 1.29 is 14.6 Å². The van der Waals surface area contributed by atoms with Gasteiger partial charge in [0, 0.05) is 0 Å². The number of ether oxygens (including phenoxy) is 1. The van der Waals surface area contributed by atoms with Crippen molar-refractivity contribution >= 4 is 11.6 Å². The van der Waals surface area contributed by atoms with Crippen molar-refractivity contribution in [3.8, 4) is 11.5 Å². The van der Waals surface area contributed by atoms with Gasteiger partial charge in [0.25, 0.3) is 5.91 Å². The van der Waals surface area contributed by atoms with E-state index in [1.54, 1.807) is 37.3 Å². The van der Waals surface area contributed by atoms with Crippen LogP contribution in [-0.4, -0.2) is 17.1 Å². The summed E-state index contributed by atoms with van der Waals surface area (Å²) in [7, 11) is 0. The topological polar surface area (TPSA) is 58.6 Å². The minimum Gasteiger partial charge on any atom is -0.506 e. The van der Waals surface area contributed by atoms with Crippen LogP contribution in [-0.2, 0) is 4.79 Å². The third-order valence-electron chi connectivity index (χ3n) is 2.84. The molecule has 0 radical (unpaired) electrons. The summed E-state index contributed by atoms with van der Waals surface area (Å²) in [4.78, 5) is 12.0. The van der Waals surface area contributed by atoms with Crippen LogP contribution in [0, 0.1) is 6.92 Å². The van der Waals surface area contributed by atoms with E-state index in [4.69, 9.17) is 4.74 Å². The molecule has 0 bridgehead atoms. The minimum atomic E-state index is -0.655. The lowest BCUT2D eigenvalue weighted by Crippen LogP contribution is -2.30. The third kappa shape index (κ3) is 3.51. The number of hydrogen-bond acceptors (Lipinski definition) is 3. The van der Waals surface area contributed by atoms with E-state index in [0.717, 1.165) is 5.56 Å². The van der Waals surface area contributed by atoms with E-state index in [-0.39, 0.29) is 11.7 Å². The number of aromatic hydroxyl groups is 1. The molecule has 0 fully saturated rings. The molecule has 4 heteroatoms. The van der Waals surface area contributed by atoms with Crippen molar-refractivity contribution in [2.24, 2.45) is 0 Å². The molecule has 0 heterocycles. The maximum atomic E-state index is 12.0. The zero-order chi connectivity index (χ0) is 14.5. The number of rotatable bonds is 4. The van der Waals surface area contributed by atoms with Crippen molar-refractivity contribution in [2.45, 2.75) is 20.0 Å². The van der Waals surface area contributed by atoms with Gasteiger partial charge in [0.2, 0.25) is 0 Å². The van der Waals surface area contributed by atoms with Gasteiger partial charge in [0.15, 0.2) is 6.10 Å². The van der Waals surface area contributed by atoms with Gasteiger partial charge >= 0.3 is 0 Å². The zero-order valence-electron chi connectivity index (χ0n) is 11.5. The number of anilines is 1. The van der Waals surface area contributed by atoms with Crippen molar-refractivity contribution in [1.29, 1.82) is 0 Å². The molecule has 2 N–H and O–H groups in total. The first kappa shape index (κ1) is 13.9. The Balaban J connectivity index is 2.02. The second-order valence-corrected chi connectivity index (χ2v) is 4.58. The van der Waals surface area contributed by atoms with Gasteiger partial charge in [-0.3, -0.25) is 4.79 Å². The van der Waals surface area contributed by atoms with Crippen LogP contribution < -0.4 is 10.1 Å². The molecule has 1 atom stereocenters. The number of phenolic OH excluding ortho intramolecular Hbond substituents is 1. The van der Waals surface area contributed by atoms with E-state index in [0.29, 0.717) is 11.4 Å². The van der Waals surface area contributed by atoms with Crippen LogP contribution >= 0.6 is 0 Å². The van der Waals surface area contributed by atoms with E-state index in [1.165, 1.54) is 0 Å². The Morgan fingerprint density at radius 2 is 1.90 bits per heavy atom. The first-order valence-electron chi connectivity index (χ1n) is 6.38. The van der Waals surface area contributed by atoms with E-state index in [1.807, 2.05) is 25.1 Å². The lowest BCUT2D eigenvalue weighted by molar-refractivity contribution is -0.122. The summed E-state index contributed by atoms with van der Waals surface area (Å²) in [6.45, 7) is 3.55. The van der Waals surface area contributed by atoms with Crippen molar-refractivity contribution in [1.82, 2.24) is 0 Å². The Kier molecular flexibility index (Phi) is 4.25. The lowest BCUT2D eigenvalue weighted by atomic mass is 10.2. The Labute approximate surface area is 118 Å². The van der Waals surface area contributed by atoms with Gasteiger partial charge < -0.3 is 15.2 Å². The number of carbonyl (C=O) groups excluding carboxylic acids is 1. The SMILES string of the molecule is Cc1ccc(O)c(NC(=O)C(C)Oc2ccccc2)c1. The number of carbonyl (C=O) groups is 1. The molecule has 2 rings (SSSR count). The summed E-state index contributed by atoms with van der Waals surface area (Å²) in [6, 6.07) is 14.2. The number of benzene rings is 2. The van der Waals surface area contributed by atoms with Gasteiger partial charge in [-0.05, 0) is 43.7 Å². The van der Waals surface area contributed by atoms with Gasteiger partial charge in [-0.25, -0.2) is 0 Å². The van der Waals surface area contributed by atoms with E-state index in [2.05, 4.69) is 5.32 Å². The van der Waals surface area contributed by atoms with Gasteiger partial charge in [-0.2, -0.15) is 0 Å². The maximum Gasteiger partial charge on any atom is 0.265 e. The number of phenols is 1. The normalized spacial score (nSPS) is 11.7. The lowest BCUT2D eigenvalue weighted by Gasteiger charge is -2.15. The molecule has 0 aliphatic rings. The molecule has 20 heavy (non-hydrogen) atoms. The predicted octanol–water partition coefficient (Wildman–Crippen LogP) is 3.11. The highest BCUT2D eigenvalue weighted by atomic mass is 16.5. The Hall–Kier alpha value is -2.49. The number of nitrogens with one attached hydrogen (secondary N) is 1. The quantitative estimate of drug-likeness (QED) is 0.840. The number of para-hydroxylation sites is 1. The fraction of sp³-hybridized carbons (Fsp3) is 0.188. The molecule has 2 aromatic rings. The number of aryl methyl sites for hydroxylation is 1. The standard InChI is InChI=1S/C16H17NO3/c1-11-8-9-15(18)14(10-11)17-16(19)12(2)20-13-6-4-3-5-7-13/h3-10,12,18H,1-2H3,(H,17,19). The van der Waals surface area contributed by atoms with Crippen LogP contribution in [0.3, 0.4) is 0 Å². The molecule has 4 nitrogen and oxygen atoms in total. The molecule has 0 saturated carbocycles. The van der Waals surface area contributed by atoms with E-state index >= 15 is 0 Å². The largest absolute Gasteiger partial charge is 0.506 e. The summed E-state index contributed by atoms with van der Waals surface area (Å²) in [5.74, 6) is 0.356. The van der Waals surface area contributed by atoms with Crippen LogP contribution in [0.25, 0.3) is 0 Å². The van der Waals surface area contributed by atoms with Crippen LogP contribution in [0.15, 0.2) is 48.5 Å². The Morgan fingerprint density at radius 1 is 1.20 bits per heavy atom. The second-order valence-electron chi connectivity index (χ2n) is 4.58. The van der Waals surface area contributed by atoms with Gasteiger partial charge in [-0.1, -0.05) is 24.3 Å². The minimum absolute atomic E-state index is 0.0378. The first-order chi connectivity index (χ1) is 9.56. The van der Waals surface area contributed by atoms with Gasteiger partial charge in [-0.15, -0.1) is 0 Å². The highest BCUT2D eigenvalue weighted by molar-refractivity contribution is 5.95. The monoisotopic (exact) mass is 271 g/mol. The molecule has 2 aromatic carbocycles. The molecule has 0 aromatic heterocycles. The molecular formula is C16H17NO3. The van der Waals surface area contributed by atoms with E-state index < -0.39 is 6.10 Å². The van der Waals surface area contributed by atoms with Crippen molar-refractivity contribution in [2.75, 3.05) is 5.32 Å². The third-order valence-corrected chi connectivity index (χ3v) is 2.84. The predicted molar refractivity (Wildman–Crippen MR) is 78.0 cm³/mol. The molecule has 1 amide bonds. The van der Waals surface area contributed by atoms with E-state index in [9.17, 15) is 9.90 Å². The summed E-state index contributed by atoms with van der Waals surface area (Å²) < 4.78 is 5.52. The van der Waals surface area contributed by atoms with Crippen LogP contribution in [0.4, 0.5) is 5.69 Å². The van der Waals surface area contributed by atoms with Crippen LogP contribution in [0.5, 0.6) is 11.5 Å². The fourth-order valence-corrected chi connectivity index (χ4v) is 1.74. The second kappa shape index (κ2) is 6.10. The molecule has 0 spiro atoms. The maximum absolute atomic E-state index is 12.0. The smallest absolute Gasteiger partial charge is 0.265 e. The summed E-state index contributed by atoms with van der Waals surface area (Å²) >= 11 is 0. The summed E-state index contributed by atoms with van der Waals surface area (Å²) in [5.41, 5.74) is 1.34. The highest BCUT2D eigenvalue weighted by Gasteiger charge is 2.16. The fourth-order valence-electron chi connectivity index (χ4n) is 1.74.